The number of H-pyrrole nitrogens is 1. The maximum Gasteiger partial charge on any atom is 0.266 e. The van der Waals surface area contributed by atoms with E-state index in [0.29, 0.717) is 34.7 Å². The minimum Gasteiger partial charge on any atom is -0.489 e. The molecular weight excluding hydrogens is 397 g/mol. The summed E-state index contributed by atoms with van der Waals surface area (Å²) in [7, 11) is 0. The Hall–Kier alpha value is -3.92. The minimum atomic E-state index is -0.416. The first-order valence-electron chi connectivity index (χ1n) is 9.77. The molecule has 0 atom stereocenters. The minimum absolute atomic E-state index is 0.0733. The van der Waals surface area contributed by atoms with Gasteiger partial charge in [0.25, 0.3) is 5.56 Å². The van der Waals surface area contributed by atoms with Gasteiger partial charge in [-0.1, -0.05) is 18.2 Å². The van der Waals surface area contributed by atoms with Gasteiger partial charge in [0.2, 0.25) is 5.91 Å². The molecule has 0 aliphatic rings. The van der Waals surface area contributed by atoms with E-state index in [4.69, 9.17) is 10.00 Å². The molecule has 31 heavy (non-hydrogen) atoms. The van der Waals surface area contributed by atoms with Crippen LogP contribution in [0.1, 0.15) is 34.4 Å². The van der Waals surface area contributed by atoms with Crippen LogP contribution in [0, 0.1) is 31.0 Å². The topological polar surface area (TPSA) is 95.0 Å². The van der Waals surface area contributed by atoms with Crippen molar-refractivity contribution in [3.63, 3.8) is 0 Å². The lowest BCUT2D eigenvalue weighted by Crippen LogP contribution is -2.18. The van der Waals surface area contributed by atoms with Crippen molar-refractivity contribution in [3.05, 3.63) is 92.6 Å². The molecule has 0 aliphatic carbocycles. The molecule has 0 spiro atoms. The monoisotopic (exact) mass is 419 g/mol. The second-order valence-electron chi connectivity index (χ2n) is 7.16. The Kier molecular flexibility index (Phi) is 6.83. The molecule has 3 rings (SSSR count). The van der Waals surface area contributed by atoms with Crippen LogP contribution in [-0.4, -0.2) is 10.9 Å². The number of anilines is 1. The fourth-order valence-electron chi connectivity index (χ4n) is 3.34. The molecule has 2 N–H and O–H groups in total. The van der Waals surface area contributed by atoms with Crippen LogP contribution in [0.2, 0.25) is 0 Å². The van der Waals surface area contributed by atoms with Crippen molar-refractivity contribution in [2.24, 2.45) is 0 Å². The molecule has 0 radical (unpaired) electrons. The number of carbonyl (C=O) groups excluding carboxylic acids is 1. The van der Waals surface area contributed by atoms with E-state index >= 15 is 0 Å². The van der Waals surface area contributed by atoms with Gasteiger partial charge < -0.3 is 15.0 Å². The number of ether oxygens (including phenoxy) is 1. The standard InChI is InChI=1S/C24H22FN3O3/c1-15-21(16(2)27-24(30)22(15)13-26)9-10-23(29)28-19-7-4-8-20(12-19)31-14-17-5-3-6-18(25)11-17/h3-8,11-12H,9-10,14H2,1-2H3,(H,27,30)(H,28,29). The largest absolute Gasteiger partial charge is 0.489 e. The summed E-state index contributed by atoms with van der Waals surface area (Å²) < 4.78 is 19.0. The molecule has 7 heteroatoms. The van der Waals surface area contributed by atoms with E-state index in [-0.39, 0.29) is 30.3 Å². The molecule has 1 amide bonds. The van der Waals surface area contributed by atoms with Crippen LogP contribution < -0.4 is 15.6 Å². The van der Waals surface area contributed by atoms with E-state index in [0.717, 1.165) is 5.56 Å². The summed E-state index contributed by atoms with van der Waals surface area (Å²) in [5.41, 5.74) is 2.99. The number of carbonyl (C=O) groups is 1. The third-order valence-corrected chi connectivity index (χ3v) is 4.93. The molecule has 6 nitrogen and oxygen atoms in total. The number of aryl methyl sites for hydroxylation is 1. The van der Waals surface area contributed by atoms with Crippen LogP contribution in [0.3, 0.4) is 0 Å². The Labute approximate surface area is 179 Å². The summed E-state index contributed by atoms with van der Waals surface area (Å²) >= 11 is 0. The van der Waals surface area contributed by atoms with Crippen LogP contribution in [0.4, 0.5) is 10.1 Å². The van der Waals surface area contributed by atoms with Crippen LogP contribution in [0.15, 0.2) is 53.3 Å². The molecule has 0 unspecified atom stereocenters. The number of aromatic amines is 1. The summed E-state index contributed by atoms with van der Waals surface area (Å²) in [5.74, 6) is 0.0239. The van der Waals surface area contributed by atoms with Crippen molar-refractivity contribution in [2.45, 2.75) is 33.3 Å². The maximum absolute atomic E-state index is 13.3. The first-order chi connectivity index (χ1) is 14.9. The molecule has 1 aromatic heterocycles. The number of pyridine rings is 1. The lowest BCUT2D eigenvalue weighted by Gasteiger charge is -2.12. The van der Waals surface area contributed by atoms with Crippen molar-refractivity contribution in [1.82, 2.24) is 4.98 Å². The molecular formula is C24H22FN3O3. The summed E-state index contributed by atoms with van der Waals surface area (Å²) in [6, 6.07) is 15.0. The van der Waals surface area contributed by atoms with Gasteiger partial charge in [-0.15, -0.1) is 0 Å². The van der Waals surface area contributed by atoms with Crippen LogP contribution in [0.25, 0.3) is 0 Å². The fourth-order valence-corrected chi connectivity index (χ4v) is 3.34. The normalized spacial score (nSPS) is 10.4. The van der Waals surface area contributed by atoms with Gasteiger partial charge in [-0.25, -0.2) is 4.39 Å². The number of nitrogens with zero attached hydrogens (tertiary/aromatic N) is 1. The number of hydrogen-bond acceptors (Lipinski definition) is 4. The average Bonchev–Trinajstić information content (AvgIpc) is 2.72. The molecule has 0 aliphatic heterocycles. The highest BCUT2D eigenvalue weighted by molar-refractivity contribution is 5.91. The molecule has 0 bridgehead atoms. The first kappa shape index (κ1) is 21.8. The van der Waals surface area contributed by atoms with Gasteiger partial charge in [-0.05, 0) is 61.2 Å². The zero-order chi connectivity index (χ0) is 22.4. The molecule has 158 valence electrons. The highest BCUT2D eigenvalue weighted by Crippen LogP contribution is 2.20. The smallest absolute Gasteiger partial charge is 0.266 e. The van der Waals surface area contributed by atoms with Crippen molar-refractivity contribution < 1.29 is 13.9 Å². The van der Waals surface area contributed by atoms with E-state index in [1.54, 1.807) is 50.2 Å². The van der Waals surface area contributed by atoms with Crippen LogP contribution in [0.5, 0.6) is 5.75 Å². The van der Waals surface area contributed by atoms with Gasteiger partial charge in [0.15, 0.2) is 0 Å². The number of rotatable bonds is 7. The third kappa shape index (κ3) is 5.58. The lowest BCUT2D eigenvalue weighted by molar-refractivity contribution is -0.116. The van der Waals surface area contributed by atoms with E-state index in [1.807, 2.05) is 6.07 Å². The number of halogens is 1. The summed E-state index contributed by atoms with van der Waals surface area (Å²) in [4.78, 5) is 26.9. The fraction of sp³-hybridized carbons (Fsp3) is 0.208. The SMILES string of the molecule is Cc1[nH]c(=O)c(C#N)c(C)c1CCC(=O)Nc1cccc(OCc2cccc(F)c2)c1. The average molecular weight is 419 g/mol. The zero-order valence-electron chi connectivity index (χ0n) is 17.3. The molecule has 1 heterocycles. The highest BCUT2D eigenvalue weighted by Gasteiger charge is 2.13. The molecule has 3 aromatic rings. The van der Waals surface area contributed by atoms with Gasteiger partial charge in [-0.2, -0.15) is 5.26 Å². The Morgan fingerprint density at radius 3 is 2.71 bits per heavy atom. The van der Waals surface area contributed by atoms with Gasteiger partial charge in [-0.3, -0.25) is 9.59 Å². The van der Waals surface area contributed by atoms with Crippen molar-refractivity contribution in [1.29, 1.82) is 5.26 Å². The highest BCUT2D eigenvalue weighted by atomic mass is 19.1. The van der Waals surface area contributed by atoms with E-state index < -0.39 is 5.56 Å². The van der Waals surface area contributed by atoms with Gasteiger partial charge in [0.1, 0.15) is 29.8 Å². The second-order valence-corrected chi connectivity index (χ2v) is 7.16. The van der Waals surface area contributed by atoms with Gasteiger partial charge >= 0.3 is 0 Å². The Bertz CT molecular complexity index is 1210. The number of benzene rings is 2. The lowest BCUT2D eigenvalue weighted by atomic mass is 9.99. The van der Waals surface area contributed by atoms with Crippen LogP contribution >= 0.6 is 0 Å². The quantitative estimate of drug-likeness (QED) is 0.601. The third-order valence-electron chi connectivity index (χ3n) is 4.93. The Balaban J connectivity index is 1.61. The molecule has 0 saturated carbocycles. The van der Waals surface area contributed by atoms with Gasteiger partial charge in [0.05, 0.1) is 0 Å². The Morgan fingerprint density at radius 1 is 1.19 bits per heavy atom. The predicted octanol–water partition coefficient (Wildman–Crippen LogP) is 4.15. The Morgan fingerprint density at radius 2 is 1.97 bits per heavy atom. The number of amides is 1. The second kappa shape index (κ2) is 9.72. The van der Waals surface area contributed by atoms with Crippen LogP contribution in [-0.2, 0) is 17.8 Å². The number of nitrogens with one attached hydrogen (secondary N) is 2. The summed E-state index contributed by atoms with van der Waals surface area (Å²) in [6.45, 7) is 3.68. The molecule has 0 saturated heterocycles. The van der Waals surface area contributed by atoms with Gasteiger partial charge in [0, 0.05) is 23.9 Å². The maximum atomic E-state index is 13.3. The number of nitriles is 1. The van der Waals surface area contributed by atoms with Crippen molar-refractivity contribution in [3.8, 4) is 11.8 Å². The summed E-state index contributed by atoms with van der Waals surface area (Å²) in [5, 5.41) is 12.0. The van der Waals surface area contributed by atoms with E-state index in [2.05, 4.69) is 10.3 Å². The zero-order valence-corrected chi connectivity index (χ0v) is 17.3. The molecule has 2 aromatic carbocycles. The predicted molar refractivity (Wildman–Crippen MR) is 115 cm³/mol. The number of aromatic nitrogens is 1. The molecule has 0 fully saturated rings. The van der Waals surface area contributed by atoms with E-state index in [1.165, 1.54) is 12.1 Å². The number of hydrogen-bond donors (Lipinski definition) is 2. The van der Waals surface area contributed by atoms with Crippen molar-refractivity contribution in [2.75, 3.05) is 5.32 Å². The van der Waals surface area contributed by atoms with E-state index in [9.17, 15) is 14.0 Å². The first-order valence-corrected chi connectivity index (χ1v) is 9.77. The van der Waals surface area contributed by atoms with Crippen molar-refractivity contribution >= 4 is 11.6 Å². The summed E-state index contributed by atoms with van der Waals surface area (Å²) in [6.07, 6.45) is 0.581.